The molecule has 2 aromatic heterocycles. The third kappa shape index (κ3) is 3.10. The van der Waals surface area contributed by atoms with Crippen LogP contribution in [0.25, 0.3) is 0 Å². The fourth-order valence-corrected chi connectivity index (χ4v) is 3.26. The molecule has 0 saturated heterocycles. The molecule has 102 valence electrons. The zero-order valence-electron chi connectivity index (χ0n) is 9.58. The normalized spacial score (nSPS) is 11.3. The number of hydrogen-bond donors (Lipinski definition) is 3. The number of nitrogen functional groups attached to an aromatic ring is 1. The van der Waals surface area contributed by atoms with Gasteiger partial charge in [-0.25, -0.2) is 19.2 Å². The highest BCUT2D eigenvalue weighted by molar-refractivity contribution is 7.93. The van der Waals surface area contributed by atoms with Gasteiger partial charge in [-0.05, 0) is 13.0 Å². The van der Waals surface area contributed by atoms with Crippen molar-refractivity contribution in [3.8, 4) is 0 Å². The van der Waals surface area contributed by atoms with Gasteiger partial charge in [0.05, 0.1) is 5.02 Å². The maximum absolute atomic E-state index is 12.0. The van der Waals surface area contributed by atoms with E-state index in [0.717, 1.165) is 17.5 Å². The summed E-state index contributed by atoms with van der Waals surface area (Å²) in [7, 11) is -3.81. The quantitative estimate of drug-likeness (QED) is 0.566. The van der Waals surface area contributed by atoms with Gasteiger partial charge in [0.25, 0.3) is 10.0 Å². The summed E-state index contributed by atoms with van der Waals surface area (Å²) in [6.45, 7) is 1.72. The second kappa shape index (κ2) is 5.25. The van der Waals surface area contributed by atoms with E-state index in [2.05, 4.69) is 25.3 Å². The molecule has 2 rings (SSSR count). The van der Waals surface area contributed by atoms with Gasteiger partial charge < -0.3 is 5.43 Å². The number of nitrogens with two attached hydrogens (primary N) is 1. The molecule has 8 nitrogen and oxygen atoms in total. The largest absolute Gasteiger partial charge is 0.307 e. The molecular formula is C8H9ClN6O2S2. The zero-order valence-corrected chi connectivity index (χ0v) is 12.0. The van der Waals surface area contributed by atoms with E-state index in [4.69, 9.17) is 17.4 Å². The van der Waals surface area contributed by atoms with Crippen molar-refractivity contribution >= 4 is 43.9 Å². The van der Waals surface area contributed by atoms with Crippen LogP contribution in [0.4, 0.5) is 10.9 Å². The smallest absolute Gasteiger partial charge is 0.265 e. The number of hydrogen-bond acceptors (Lipinski definition) is 8. The minimum atomic E-state index is -3.81. The Labute approximate surface area is 118 Å². The van der Waals surface area contributed by atoms with E-state index in [1.807, 2.05) is 0 Å². The number of hydrazine groups is 1. The summed E-state index contributed by atoms with van der Waals surface area (Å²) in [4.78, 5) is 3.70. The molecule has 0 spiro atoms. The molecule has 0 saturated carbocycles. The Kier molecular flexibility index (Phi) is 3.85. The Morgan fingerprint density at radius 2 is 2.16 bits per heavy atom. The van der Waals surface area contributed by atoms with Crippen LogP contribution in [0.15, 0.2) is 17.2 Å². The highest BCUT2D eigenvalue weighted by Crippen LogP contribution is 2.24. The molecule has 4 N–H and O–H groups in total. The van der Waals surface area contributed by atoms with Crippen LogP contribution in [0.1, 0.15) is 5.01 Å². The maximum Gasteiger partial charge on any atom is 0.265 e. The number of nitrogens with zero attached hydrogens (tertiary/aromatic N) is 3. The van der Waals surface area contributed by atoms with Crippen LogP contribution in [0.3, 0.4) is 0 Å². The topological polar surface area (TPSA) is 123 Å². The molecular weight excluding hydrogens is 312 g/mol. The van der Waals surface area contributed by atoms with E-state index >= 15 is 0 Å². The van der Waals surface area contributed by atoms with Crippen molar-refractivity contribution in [2.45, 2.75) is 11.8 Å². The monoisotopic (exact) mass is 320 g/mol. The zero-order chi connectivity index (χ0) is 14.0. The third-order valence-corrected chi connectivity index (χ3v) is 4.49. The van der Waals surface area contributed by atoms with Gasteiger partial charge >= 0.3 is 0 Å². The summed E-state index contributed by atoms with van der Waals surface area (Å²) in [5, 5.41) is 8.31. The lowest BCUT2D eigenvalue weighted by molar-refractivity contribution is 0.600. The van der Waals surface area contributed by atoms with E-state index in [0.29, 0.717) is 5.01 Å². The minimum Gasteiger partial charge on any atom is -0.307 e. The van der Waals surface area contributed by atoms with E-state index < -0.39 is 10.0 Å². The molecule has 0 aliphatic heterocycles. The summed E-state index contributed by atoms with van der Waals surface area (Å²) in [5.41, 5.74) is 2.25. The molecule has 2 heterocycles. The molecule has 0 aliphatic carbocycles. The van der Waals surface area contributed by atoms with Crippen LogP contribution in [0.5, 0.6) is 0 Å². The van der Waals surface area contributed by atoms with Crippen LogP contribution in [-0.2, 0) is 10.0 Å². The highest BCUT2D eigenvalue weighted by atomic mass is 35.5. The SMILES string of the molecule is Cc1nnc(NS(=O)(=O)c2cnc(NN)c(Cl)c2)s1. The van der Waals surface area contributed by atoms with Crippen LogP contribution in [0, 0.1) is 6.92 Å². The Hall–Kier alpha value is -1.49. The second-order valence-electron chi connectivity index (χ2n) is 3.38. The Balaban J connectivity index is 2.31. The number of pyridine rings is 1. The van der Waals surface area contributed by atoms with Crippen LogP contribution >= 0.6 is 22.9 Å². The summed E-state index contributed by atoms with van der Waals surface area (Å²) < 4.78 is 26.4. The van der Waals surface area contributed by atoms with Crippen molar-refractivity contribution in [2.24, 2.45) is 5.84 Å². The number of aryl methyl sites for hydroxylation is 1. The number of aromatic nitrogens is 3. The van der Waals surface area contributed by atoms with Gasteiger partial charge in [-0.2, -0.15) is 0 Å². The average molecular weight is 321 g/mol. The van der Waals surface area contributed by atoms with Crippen molar-refractivity contribution < 1.29 is 8.42 Å². The maximum atomic E-state index is 12.0. The molecule has 0 aliphatic rings. The molecule has 0 fully saturated rings. The molecule has 19 heavy (non-hydrogen) atoms. The Morgan fingerprint density at radius 3 is 2.68 bits per heavy atom. The van der Waals surface area contributed by atoms with Crippen molar-refractivity contribution in [1.29, 1.82) is 0 Å². The Bertz CT molecular complexity index is 701. The summed E-state index contributed by atoms with van der Waals surface area (Å²) in [5.74, 6) is 5.34. The van der Waals surface area contributed by atoms with Crippen molar-refractivity contribution in [2.75, 3.05) is 10.1 Å². The second-order valence-corrected chi connectivity index (χ2v) is 6.65. The summed E-state index contributed by atoms with van der Waals surface area (Å²) in [6.07, 6.45) is 1.14. The lowest BCUT2D eigenvalue weighted by Crippen LogP contribution is -2.14. The van der Waals surface area contributed by atoms with Crippen molar-refractivity contribution in [3.63, 3.8) is 0 Å². The fraction of sp³-hybridized carbons (Fsp3) is 0.125. The molecule has 0 bridgehead atoms. The van der Waals surface area contributed by atoms with E-state index in [1.54, 1.807) is 6.92 Å². The number of rotatable bonds is 4. The number of sulfonamides is 1. The average Bonchev–Trinajstić information content (AvgIpc) is 2.73. The number of nitrogens with one attached hydrogen (secondary N) is 2. The standard InChI is InChI=1S/C8H9ClN6O2S2/c1-4-13-14-8(18-4)15-19(16,17)5-2-6(9)7(12-10)11-3-5/h2-3H,10H2,1H3,(H,11,12)(H,14,15). The molecule has 2 aromatic rings. The van der Waals surface area contributed by atoms with Crippen LogP contribution < -0.4 is 16.0 Å². The molecule has 0 radical (unpaired) electrons. The summed E-state index contributed by atoms with van der Waals surface area (Å²) in [6, 6.07) is 1.24. The van der Waals surface area contributed by atoms with E-state index in [9.17, 15) is 8.42 Å². The van der Waals surface area contributed by atoms with Gasteiger partial charge in [0, 0.05) is 6.20 Å². The summed E-state index contributed by atoms with van der Waals surface area (Å²) >= 11 is 6.94. The van der Waals surface area contributed by atoms with Crippen molar-refractivity contribution in [3.05, 3.63) is 22.3 Å². The van der Waals surface area contributed by atoms with Gasteiger partial charge in [-0.3, -0.25) is 4.72 Å². The van der Waals surface area contributed by atoms with Crippen LogP contribution in [-0.4, -0.2) is 23.6 Å². The van der Waals surface area contributed by atoms with Crippen LogP contribution in [0.2, 0.25) is 5.02 Å². The van der Waals surface area contributed by atoms with Crippen molar-refractivity contribution in [1.82, 2.24) is 15.2 Å². The number of halogens is 1. The highest BCUT2D eigenvalue weighted by Gasteiger charge is 2.18. The lowest BCUT2D eigenvalue weighted by Gasteiger charge is -2.06. The third-order valence-electron chi connectivity index (χ3n) is 2.01. The van der Waals surface area contributed by atoms with Gasteiger partial charge in [-0.1, -0.05) is 22.9 Å². The van der Waals surface area contributed by atoms with E-state index in [-0.39, 0.29) is 20.9 Å². The van der Waals surface area contributed by atoms with Gasteiger partial charge in [0.2, 0.25) is 5.13 Å². The fourth-order valence-electron chi connectivity index (χ4n) is 1.19. The minimum absolute atomic E-state index is 0.0932. The lowest BCUT2D eigenvalue weighted by atomic mass is 10.5. The Morgan fingerprint density at radius 1 is 1.42 bits per heavy atom. The van der Waals surface area contributed by atoms with Gasteiger partial charge in [-0.15, -0.1) is 10.2 Å². The predicted octanol–water partition coefficient (Wildman–Crippen LogP) is 0.981. The van der Waals surface area contributed by atoms with E-state index in [1.165, 1.54) is 6.07 Å². The first-order valence-corrected chi connectivity index (χ1v) is 7.55. The van der Waals surface area contributed by atoms with Gasteiger partial charge in [0.15, 0.2) is 5.82 Å². The molecule has 11 heteroatoms. The molecule has 0 aromatic carbocycles. The molecule has 0 unspecified atom stereocenters. The number of anilines is 2. The molecule has 0 amide bonds. The first kappa shape index (κ1) is 13.9. The first-order chi connectivity index (χ1) is 8.92. The first-order valence-electron chi connectivity index (χ1n) is 4.87. The van der Waals surface area contributed by atoms with Gasteiger partial charge in [0.1, 0.15) is 9.90 Å². The predicted molar refractivity (Wildman–Crippen MR) is 72.5 cm³/mol. The molecule has 0 atom stereocenters.